The van der Waals surface area contributed by atoms with Gasteiger partial charge in [0.15, 0.2) is 0 Å². The van der Waals surface area contributed by atoms with Gasteiger partial charge in [-0.3, -0.25) is 4.79 Å². The molecule has 0 atom stereocenters. The number of rotatable bonds is 14. The average Bonchev–Trinajstić information content (AvgIpc) is 3.01. The topological polar surface area (TPSA) is 118 Å². The molecule has 0 unspecified atom stereocenters. The molecule has 0 amide bonds. The molecule has 0 aliphatic carbocycles. The van der Waals surface area contributed by atoms with Gasteiger partial charge in [0, 0.05) is 22.3 Å². The lowest BCUT2D eigenvalue weighted by Crippen LogP contribution is -2.16. The Hall–Kier alpha value is -4.81. The van der Waals surface area contributed by atoms with Crippen molar-refractivity contribution >= 4 is 47.5 Å². The number of ketones is 1. The molecule has 42 heavy (non-hydrogen) atoms. The first kappa shape index (κ1) is 31.7. The maximum atomic E-state index is 13.0. The van der Waals surface area contributed by atoms with Crippen molar-refractivity contribution in [1.82, 2.24) is 0 Å². The second kappa shape index (κ2) is 17.1. The number of carbonyl (C=O) groups is 3. The molecular weight excluding hydrogens is 550 g/mol. The summed E-state index contributed by atoms with van der Waals surface area (Å²) in [6.07, 6.45) is 7.18. The van der Waals surface area contributed by atoms with Crippen molar-refractivity contribution in [1.29, 1.82) is 5.26 Å². The number of oxime groups is 2. The van der Waals surface area contributed by atoms with Crippen molar-refractivity contribution in [2.24, 2.45) is 10.3 Å². The molecule has 0 aliphatic rings. The van der Waals surface area contributed by atoms with E-state index < -0.39 is 11.9 Å². The van der Waals surface area contributed by atoms with Gasteiger partial charge < -0.3 is 9.68 Å². The standard InChI is InChI=1S/C33H31N3O5S/c1-3-4-5-9-12-31(36-40-24(2)37)32(38)27-15-19-30(20-16-27)42-29-17-13-25(14-18-29)21-26(22-34)23-35-41-33(39)28-10-7-6-8-11-28/h6-8,10-11,13-21,23H,3-5,9,12H2,1-2H3. The quantitative estimate of drug-likeness (QED) is 0.0479. The number of nitriles is 1. The molecule has 0 aromatic heterocycles. The Morgan fingerprint density at radius 1 is 0.857 bits per heavy atom. The predicted octanol–water partition coefficient (Wildman–Crippen LogP) is 7.66. The molecule has 3 rings (SSSR count). The summed E-state index contributed by atoms with van der Waals surface area (Å²) in [7, 11) is 0. The fourth-order valence-electron chi connectivity index (χ4n) is 3.68. The minimum absolute atomic E-state index is 0.221. The van der Waals surface area contributed by atoms with Crippen LogP contribution in [-0.2, 0) is 14.5 Å². The smallest absolute Gasteiger partial charge is 0.318 e. The first-order chi connectivity index (χ1) is 20.4. The normalized spacial score (nSPS) is 11.6. The number of allylic oxidation sites excluding steroid dienone is 1. The van der Waals surface area contributed by atoms with E-state index in [4.69, 9.17) is 9.68 Å². The van der Waals surface area contributed by atoms with Crippen LogP contribution >= 0.6 is 11.8 Å². The number of hydrogen-bond acceptors (Lipinski definition) is 9. The van der Waals surface area contributed by atoms with Gasteiger partial charge in [0.2, 0.25) is 5.78 Å². The Bertz CT molecular complexity index is 1490. The van der Waals surface area contributed by atoms with Gasteiger partial charge in [0.1, 0.15) is 11.8 Å². The summed E-state index contributed by atoms with van der Waals surface area (Å²) in [4.78, 5) is 47.7. The lowest BCUT2D eigenvalue weighted by molar-refractivity contribution is -0.140. The first-order valence-electron chi connectivity index (χ1n) is 13.5. The molecular formula is C33H31N3O5S. The molecule has 3 aromatic rings. The third kappa shape index (κ3) is 10.6. The zero-order valence-electron chi connectivity index (χ0n) is 23.5. The number of unbranched alkanes of at least 4 members (excludes halogenated alkanes) is 3. The Balaban J connectivity index is 1.60. The molecule has 0 saturated carbocycles. The maximum Gasteiger partial charge on any atom is 0.365 e. The van der Waals surface area contributed by atoms with Crippen LogP contribution in [0.3, 0.4) is 0 Å². The first-order valence-corrected chi connectivity index (χ1v) is 14.3. The Labute approximate surface area is 249 Å². The van der Waals surface area contributed by atoms with E-state index in [1.165, 1.54) is 24.9 Å². The summed E-state index contributed by atoms with van der Waals surface area (Å²) in [6.45, 7) is 3.36. The van der Waals surface area contributed by atoms with Crippen LogP contribution in [0.25, 0.3) is 6.08 Å². The maximum absolute atomic E-state index is 13.0. The summed E-state index contributed by atoms with van der Waals surface area (Å²) in [5.41, 5.74) is 2.07. The second-order valence-corrected chi connectivity index (χ2v) is 10.3. The fraction of sp³-hybridized carbons (Fsp3) is 0.212. The monoisotopic (exact) mass is 581 g/mol. The molecule has 0 aliphatic heterocycles. The van der Waals surface area contributed by atoms with Crippen molar-refractivity contribution in [3.05, 3.63) is 101 Å². The highest BCUT2D eigenvalue weighted by atomic mass is 32.2. The van der Waals surface area contributed by atoms with Crippen LogP contribution in [0.4, 0.5) is 0 Å². The molecule has 0 fully saturated rings. The van der Waals surface area contributed by atoms with Crippen LogP contribution in [0.5, 0.6) is 0 Å². The van der Waals surface area contributed by atoms with Crippen LogP contribution in [0.15, 0.2) is 105 Å². The van der Waals surface area contributed by atoms with Gasteiger partial charge in [-0.05, 0) is 73.0 Å². The third-order valence-electron chi connectivity index (χ3n) is 5.83. The van der Waals surface area contributed by atoms with E-state index in [1.54, 1.807) is 48.5 Å². The zero-order chi connectivity index (χ0) is 30.2. The van der Waals surface area contributed by atoms with Crippen molar-refractivity contribution in [3.63, 3.8) is 0 Å². The number of nitrogens with zero attached hydrogens (tertiary/aromatic N) is 3. The van der Waals surface area contributed by atoms with E-state index in [9.17, 15) is 19.6 Å². The highest BCUT2D eigenvalue weighted by molar-refractivity contribution is 7.99. The molecule has 0 bridgehead atoms. The molecule has 9 heteroatoms. The molecule has 0 spiro atoms. The van der Waals surface area contributed by atoms with Crippen LogP contribution in [-0.4, -0.2) is 29.6 Å². The number of carbonyl (C=O) groups excluding carboxylic acids is 3. The summed E-state index contributed by atoms with van der Waals surface area (Å²) in [5.74, 6) is -1.43. The van der Waals surface area contributed by atoms with E-state index in [-0.39, 0.29) is 17.1 Å². The minimum atomic E-state index is -0.610. The van der Waals surface area contributed by atoms with Gasteiger partial charge in [-0.1, -0.05) is 78.6 Å². The van der Waals surface area contributed by atoms with Crippen molar-refractivity contribution in [2.75, 3.05) is 0 Å². The van der Waals surface area contributed by atoms with Crippen LogP contribution in [0, 0.1) is 11.3 Å². The fourth-order valence-corrected chi connectivity index (χ4v) is 4.50. The molecule has 214 valence electrons. The van der Waals surface area contributed by atoms with Crippen LogP contribution in [0.1, 0.15) is 72.2 Å². The van der Waals surface area contributed by atoms with E-state index >= 15 is 0 Å². The number of benzene rings is 3. The molecule has 0 radical (unpaired) electrons. The summed E-state index contributed by atoms with van der Waals surface area (Å²) < 4.78 is 0. The lowest BCUT2D eigenvalue weighted by Gasteiger charge is -2.07. The Morgan fingerprint density at radius 3 is 2.14 bits per heavy atom. The van der Waals surface area contributed by atoms with Gasteiger partial charge in [-0.15, -0.1) is 0 Å². The van der Waals surface area contributed by atoms with E-state index in [2.05, 4.69) is 17.2 Å². The summed E-state index contributed by atoms with van der Waals surface area (Å²) in [6, 6.07) is 25.2. The van der Waals surface area contributed by atoms with Gasteiger partial charge in [0.25, 0.3) is 0 Å². The molecule has 0 N–H and O–H groups in total. The summed E-state index contributed by atoms with van der Waals surface area (Å²) in [5, 5.41) is 16.9. The van der Waals surface area contributed by atoms with Crippen LogP contribution < -0.4 is 0 Å². The van der Waals surface area contributed by atoms with Gasteiger partial charge in [0.05, 0.1) is 17.4 Å². The second-order valence-electron chi connectivity index (χ2n) is 9.15. The van der Waals surface area contributed by atoms with Gasteiger partial charge in [-0.25, -0.2) is 9.59 Å². The Kier molecular flexibility index (Phi) is 12.9. The lowest BCUT2D eigenvalue weighted by atomic mass is 10.0. The van der Waals surface area contributed by atoms with E-state index in [1.807, 2.05) is 42.5 Å². The van der Waals surface area contributed by atoms with E-state index in [0.29, 0.717) is 17.5 Å². The van der Waals surface area contributed by atoms with Crippen molar-refractivity contribution in [2.45, 2.75) is 55.7 Å². The predicted molar refractivity (Wildman–Crippen MR) is 163 cm³/mol. The van der Waals surface area contributed by atoms with Crippen molar-refractivity contribution < 1.29 is 24.1 Å². The van der Waals surface area contributed by atoms with E-state index in [0.717, 1.165) is 41.0 Å². The third-order valence-corrected chi connectivity index (χ3v) is 6.85. The Morgan fingerprint density at radius 2 is 1.52 bits per heavy atom. The molecule has 8 nitrogen and oxygen atoms in total. The van der Waals surface area contributed by atoms with Crippen molar-refractivity contribution in [3.8, 4) is 6.07 Å². The molecule has 0 saturated heterocycles. The average molecular weight is 582 g/mol. The highest BCUT2D eigenvalue weighted by Crippen LogP contribution is 2.28. The SMILES string of the molecule is CCCCCCC(=NOC(C)=O)C(=O)c1ccc(Sc2ccc(C=C(C#N)C=NOC(=O)c3ccccc3)cc2)cc1. The molecule has 3 aromatic carbocycles. The zero-order valence-corrected chi connectivity index (χ0v) is 24.3. The highest BCUT2D eigenvalue weighted by Gasteiger charge is 2.16. The largest absolute Gasteiger partial charge is 0.365 e. The van der Waals surface area contributed by atoms with Gasteiger partial charge in [-0.2, -0.15) is 5.26 Å². The number of hydrogen-bond donors (Lipinski definition) is 0. The minimum Gasteiger partial charge on any atom is -0.318 e. The number of Topliss-reactive ketones (excluding diaryl/α,β-unsaturated/α-hetero) is 1. The van der Waals surface area contributed by atoms with Gasteiger partial charge >= 0.3 is 11.9 Å². The van der Waals surface area contributed by atoms with Crippen LogP contribution in [0.2, 0.25) is 0 Å². The molecule has 0 heterocycles. The summed E-state index contributed by atoms with van der Waals surface area (Å²) >= 11 is 1.52.